The van der Waals surface area contributed by atoms with Crippen molar-refractivity contribution in [2.24, 2.45) is 11.7 Å². The summed E-state index contributed by atoms with van der Waals surface area (Å²) >= 11 is 7.03. The molecule has 0 heterocycles. The molecule has 0 aliphatic rings. The third-order valence-electron chi connectivity index (χ3n) is 2.77. The van der Waals surface area contributed by atoms with Gasteiger partial charge in [0.25, 0.3) is 0 Å². The fraction of sp³-hybridized carbons (Fsp3) is 0.500. The molecule has 90 valence electrons. The number of benzene rings is 1. The second kappa shape index (κ2) is 5.63. The average molecular weight is 351 g/mol. The van der Waals surface area contributed by atoms with Crippen LogP contribution in [-0.2, 0) is 0 Å². The van der Waals surface area contributed by atoms with Gasteiger partial charge < -0.3 is 5.73 Å². The maximum Gasteiger partial charge on any atom is 0.133 e. The zero-order valence-corrected chi connectivity index (χ0v) is 13.2. The number of hydrogen-bond acceptors (Lipinski definition) is 1. The van der Waals surface area contributed by atoms with Gasteiger partial charge in [-0.1, -0.05) is 6.92 Å². The quantitative estimate of drug-likeness (QED) is 0.828. The Morgan fingerprint density at radius 1 is 1.25 bits per heavy atom. The average Bonchev–Trinajstić information content (AvgIpc) is 2.21. The second-order valence-corrected chi connectivity index (χ2v) is 6.52. The minimum atomic E-state index is 0.525. The van der Waals surface area contributed by atoms with Crippen molar-refractivity contribution in [2.45, 2.75) is 6.92 Å². The van der Waals surface area contributed by atoms with Crippen molar-refractivity contribution in [1.82, 2.24) is 4.48 Å². The highest BCUT2D eigenvalue weighted by Gasteiger charge is 2.22. The first-order valence-corrected chi connectivity index (χ1v) is 6.94. The van der Waals surface area contributed by atoms with Gasteiger partial charge in [0.1, 0.15) is 5.69 Å². The molecule has 2 nitrogen and oxygen atoms in total. The van der Waals surface area contributed by atoms with Crippen LogP contribution in [0.25, 0.3) is 0 Å². The van der Waals surface area contributed by atoms with Gasteiger partial charge in [-0.2, -0.15) is 0 Å². The minimum Gasteiger partial charge on any atom is -0.330 e. The van der Waals surface area contributed by atoms with E-state index in [4.69, 9.17) is 5.73 Å². The first-order valence-electron chi connectivity index (χ1n) is 5.35. The number of quaternary nitrogens is 1. The molecule has 0 bridgehead atoms. The topological polar surface area (TPSA) is 26.0 Å². The normalized spacial score (nSPS) is 13.9. The maximum atomic E-state index is 5.68. The Balaban J connectivity index is 2.93. The molecule has 16 heavy (non-hydrogen) atoms. The van der Waals surface area contributed by atoms with Gasteiger partial charge in [0.2, 0.25) is 0 Å². The van der Waals surface area contributed by atoms with Crippen LogP contribution in [-0.4, -0.2) is 27.2 Å². The lowest BCUT2D eigenvalue weighted by Gasteiger charge is -2.31. The number of nitrogens with two attached hydrogens (primary N) is 1. The molecule has 1 rings (SSSR count). The summed E-state index contributed by atoms with van der Waals surface area (Å²) in [6, 6.07) is 6.39. The summed E-state index contributed by atoms with van der Waals surface area (Å²) in [6.07, 6.45) is 0. The fourth-order valence-electron chi connectivity index (χ4n) is 1.82. The summed E-state index contributed by atoms with van der Waals surface area (Å²) in [5.41, 5.74) is 6.97. The monoisotopic (exact) mass is 349 g/mol. The van der Waals surface area contributed by atoms with Crippen LogP contribution in [0.15, 0.2) is 27.1 Å². The van der Waals surface area contributed by atoms with Crippen LogP contribution in [0.5, 0.6) is 0 Å². The molecule has 0 fully saturated rings. The highest BCUT2D eigenvalue weighted by molar-refractivity contribution is 9.13. The lowest BCUT2D eigenvalue weighted by atomic mass is 10.1. The number of halogens is 2. The van der Waals surface area contributed by atoms with E-state index in [-0.39, 0.29) is 0 Å². The maximum absolute atomic E-state index is 5.68. The van der Waals surface area contributed by atoms with Crippen LogP contribution < -0.4 is 10.2 Å². The van der Waals surface area contributed by atoms with E-state index < -0.39 is 0 Å². The van der Waals surface area contributed by atoms with Gasteiger partial charge in [0, 0.05) is 33.5 Å². The summed E-state index contributed by atoms with van der Waals surface area (Å²) in [6.45, 7) is 3.97. The highest BCUT2D eigenvalue weighted by atomic mass is 79.9. The predicted molar refractivity (Wildman–Crippen MR) is 78.6 cm³/mol. The molecule has 0 spiro atoms. The Morgan fingerprint density at radius 2 is 1.88 bits per heavy atom. The lowest BCUT2D eigenvalue weighted by molar-refractivity contribution is 0.338. The number of nitrogens with zero attached hydrogens (tertiary/aromatic N) is 1. The van der Waals surface area contributed by atoms with Crippen LogP contribution in [0, 0.1) is 5.92 Å². The van der Waals surface area contributed by atoms with E-state index >= 15 is 0 Å². The van der Waals surface area contributed by atoms with E-state index in [0.717, 1.165) is 26.5 Å². The molecular weight excluding hydrogens is 332 g/mol. The zero-order chi connectivity index (χ0) is 12.3. The van der Waals surface area contributed by atoms with Gasteiger partial charge in [-0.3, -0.25) is 4.48 Å². The molecule has 0 aliphatic carbocycles. The molecule has 0 saturated heterocycles. The summed E-state index contributed by atoms with van der Waals surface area (Å²) in [4.78, 5) is 0. The van der Waals surface area contributed by atoms with Crippen molar-refractivity contribution in [3.63, 3.8) is 0 Å². The minimum absolute atomic E-state index is 0.525. The molecule has 1 aromatic rings. The van der Waals surface area contributed by atoms with E-state index in [0.29, 0.717) is 5.92 Å². The van der Waals surface area contributed by atoms with E-state index in [2.05, 4.69) is 71.1 Å². The van der Waals surface area contributed by atoms with E-state index in [1.165, 1.54) is 5.69 Å². The van der Waals surface area contributed by atoms with Crippen molar-refractivity contribution in [3.05, 3.63) is 27.1 Å². The van der Waals surface area contributed by atoms with Crippen LogP contribution in [0.2, 0.25) is 0 Å². The van der Waals surface area contributed by atoms with Gasteiger partial charge in [0.05, 0.1) is 20.6 Å². The van der Waals surface area contributed by atoms with Gasteiger partial charge >= 0.3 is 0 Å². The Kier molecular flexibility index (Phi) is 4.98. The SMILES string of the molecule is CC(CN)C[N+](C)(C)c1ccc(Br)c(Br)c1. The smallest absolute Gasteiger partial charge is 0.133 e. The third-order valence-corrected chi connectivity index (χ3v) is 4.65. The van der Waals surface area contributed by atoms with Crippen LogP contribution >= 0.6 is 31.9 Å². The Bertz CT molecular complexity index is 364. The summed E-state index contributed by atoms with van der Waals surface area (Å²) in [7, 11) is 4.42. The Hall–Kier alpha value is 0.1000. The fourth-order valence-corrected chi connectivity index (χ4v) is 2.43. The molecule has 4 heteroatoms. The van der Waals surface area contributed by atoms with Gasteiger partial charge in [-0.25, -0.2) is 0 Å². The van der Waals surface area contributed by atoms with Crippen molar-refractivity contribution >= 4 is 37.5 Å². The Morgan fingerprint density at radius 3 is 2.38 bits per heavy atom. The predicted octanol–water partition coefficient (Wildman–Crippen LogP) is 3.37. The molecular formula is C12H19Br2N2+. The van der Waals surface area contributed by atoms with E-state index in [1.54, 1.807) is 0 Å². The molecule has 0 radical (unpaired) electrons. The molecule has 2 N–H and O–H groups in total. The zero-order valence-electron chi connectivity index (χ0n) is 10.0. The van der Waals surface area contributed by atoms with Gasteiger partial charge in [-0.05, 0) is 37.9 Å². The van der Waals surface area contributed by atoms with Crippen LogP contribution in [0.1, 0.15) is 6.92 Å². The Labute approximate surface area is 115 Å². The highest BCUT2D eigenvalue weighted by Crippen LogP contribution is 2.30. The molecule has 0 saturated carbocycles. The summed E-state index contributed by atoms with van der Waals surface area (Å²) in [5.74, 6) is 0.525. The van der Waals surface area contributed by atoms with Gasteiger partial charge in [0.15, 0.2) is 0 Å². The number of rotatable bonds is 4. The molecule has 1 aromatic carbocycles. The largest absolute Gasteiger partial charge is 0.330 e. The van der Waals surface area contributed by atoms with E-state index in [1.807, 2.05) is 0 Å². The van der Waals surface area contributed by atoms with Crippen LogP contribution in [0.4, 0.5) is 5.69 Å². The van der Waals surface area contributed by atoms with Crippen molar-refractivity contribution in [3.8, 4) is 0 Å². The first-order chi connectivity index (χ1) is 7.36. The van der Waals surface area contributed by atoms with Crippen LogP contribution in [0.3, 0.4) is 0 Å². The van der Waals surface area contributed by atoms with Crippen molar-refractivity contribution < 1.29 is 0 Å². The van der Waals surface area contributed by atoms with Gasteiger partial charge in [-0.15, -0.1) is 0 Å². The van der Waals surface area contributed by atoms with E-state index in [9.17, 15) is 0 Å². The third kappa shape index (κ3) is 3.55. The molecule has 0 aromatic heterocycles. The second-order valence-electron chi connectivity index (χ2n) is 4.81. The molecule has 0 amide bonds. The van der Waals surface area contributed by atoms with Crippen molar-refractivity contribution in [2.75, 3.05) is 27.2 Å². The summed E-state index contributed by atoms with van der Waals surface area (Å²) < 4.78 is 3.03. The molecule has 1 atom stereocenters. The van der Waals surface area contributed by atoms with Crippen molar-refractivity contribution in [1.29, 1.82) is 0 Å². The summed E-state index contributed by atoms with van der Waals surface area (Å²) in [5, 5.41) is 0. The molecule has 0 aliphatic heterocycles. The lowest BCUT2D eigenvalue weighted by Crippen LogP contribution is -2.45. The number of hydrogen-bond donors (Lipinski definition) is 1. The standard InChI is InChI=1S/C12H19Br2N2/c1-9(7-15)8-16(2,3)10-4-5-11(13)12(14)6-10/h4-6,9H,7-8,15H2,1-3H3/q+1. The first kappa shape index (κ1) is 14.2. The molecule has 1 unspecified atom stereocenters.